The van der Waals surface area contributed by atoms with Crippen molar-refractivity contribution in [3.8, 4) is 5.75 Å². The van der Waals surface area contributed by atoms with E-state index in [9.17, 15) is 27.8 Å². The van der Waals surface area contributed by atoms with E-state index in [1.807, 2.05) is 0 Å². The summed E-state index contributed by atoms with van der Waals surface area (Å²) < 4.78 is 56.0. The highest BCUT2D eigenvalue weighted by Crippen LogP contribution is 2.45. The topological polar surface area (TPSA) is 53.4 Å². The molecule has 0 spiro atoms. The summed E-state index contributed by atoms with van der Waals surface area (Å²) in [5, 5.41) is 21.4. The summed E-state index contributed by atoms with van der Waals surface area (Å²) in [6.45, 7) is 2.88. The number of phenols is 1. The zero-order valence-corrected chi connectivity index (χ0v) is 16.0. The predicted molar refractivity (Wildman–Crippen MR) is 100 cm³/mol. The Kier molecular flexibility index (Phi) is 5.14. The minimum atomic E-state index is -4.92. The molecule has 1 atom stereocenters. The lowest BCUT2D eigenvalue weighted by atomic mass is 9.73. The van der Waals surface area contributed by atoms with Crippen LogP contribution in [0, 0.1) is 5.82 Å². The molecule has 0 fully saturated rings. The number of nitrogens with zero attached hydrogens (tertiary/aromatic N) is 1. The van der Waals surface area contributed by atoms with E-state index in [1.54, 1.807) is 24.5 Å². The number of hydrogen-bond acceptors (Lipinski definition) is 4. The number of aromatic nitrogens is 1. The van der Waals surface area contributed by atoms with E-state index in [0.717, 1.165) is 34.2 Å². The number of aliphatic hydroxyl groups is 1. The zero-order chi connectivity index (χ0) is 20.7. The van der Waals surface area contributed by atoms with Crippen molar-refractivity contribution in [2.24, 2.45) is 0 Å². The number of phenolic OH excluding ortho intramolecular Hbond substituents is 1. The maximum Gasteiger partial charge on any atom is 0.417 e. The molecule has 3 rings (SSSR count). The molecule has 1 unspecified atom stereocenters. The van der Waals surface area contributed by atoms with Crippen LogP contribution in [0.3, 0.4) is 0 Å². The van der Waals surface area contributed by atoms with Gasteiger partial charge in [-0.05, 0) is 42.2 Å². The van der Waals surface area contributed by atoms with Gasteiger partial charge in [0.15, 0.2) is 5.60 Å². The van der Waals surface area contributed by atoms with Crippen molar-refractivity contribution >= 4 is 21.4 Å². The minimum absolute atomic E-state index is 0.00992. The summed E-state index contributed by atoms with van der Waals surface area (Å²) in [6, 6.07) is 6.40. The van der Waals surface area contributed by atoms with Gasteiger partial charge in [0.2, 0.25) is 0 Å². The summed E-state index contributed by atoms with van der Waals surface area (Å²) in [4.78, 5) is 4.31. The van der Waals surface area contributed by atoms with Crippen molar-refractivity contribution < 1.29 is 27.8 Å². The molecular weight excluding hydrogens is 394 g/mol. The number of rotatable bonds is 5. The number of hydrogen-bond donors (Lipinski definition) is 2. The molecule has 8 heteroatoms. The van der Waals surface area contributed by atoms with Crippen LogP contribution in [0.25, 0.3) is 10.1 Å². The summed E-state index contributed by atoms with van der Waals surface area (Å²) in [6.07, 6.45) is -3.20. The number of pyridine rings is 1. The Morgan fingerprint density at radius 1 is 1.11 bits per heavy atom. The molecule has 0 aliphatic rings. The third-order valence-corrected chi connectivity index (χ3v) is 5.90. The van der Waals surface area contributed by atoms with E-state index in [-0.39, 0.29) is 11.3 Å². The number of alkyl halides is 3. The van der Waals surface area contributed by atoms with E-state index in [1.165, 1.54) is 13.8 Å². The number of aromatic hydroxyl groups is 1. The van der Waals surface area contributed by atoms with Crippen LogP contribution in [0.5, 0.6) is 5.75 Å². The van der Waals surface area contributed by atoms with Gasteiger partial charge in [-0.25, -0.2) is 4.39 Å². The Hall–Kier alpha value is -2.19. The van der Waals surface area contributed by atoms with Gasteiger partial charge in [-0.3, -0.25) is 4.98 Å². The SMILES string of the molecule is CC(C)(CC(O)(Cc1cc2cnccc2s1)C(F)(F)F)c1cc(F)ccc1O. The molecule has 3 nitrogen and oxygen atoms in total. The zero-order valence-electron chi connectivity index (χ0n) is 15.2. The van der Waals surface area contributed by atoms with Crippen LogP contribution >= 0.6 is 11.3 Å². The lowest BCUT2D eigenvalue weighted by Crippen LogP contribution is -2.50. The van der Waals surface area contributed by atoms with Crippen molar-refractivity contribution in [1.82, 2.24) is 4.98 Å². The fourth-order valence-corrected chi connectivity index (χ4v) is 4.59. The molecule has 1 aromatic carbocycles. The fourth-order valence-electron chi connectivity index (χ4n) is 3.45. The van der Waals surface area contributed by atoms with Crippen LogP contribution in [0.15, 0.2) is 42.7 Å². The second kappa shape index (κ2) is 7.00. The van der Waals surface area contributed by atoms with E-state index in [4.69, 9.17) is 0 Å². The average Bonchev–Trinajstić information content (AvgIpc) is 2.97. The highest BCUT2D eigenvalue weighted by Gasteiger charge is 2.56. The quantitative estimate of drug-likeness (QED) is 0.555. The maximum absolute atomic E-state index is 13.9. The highest BCUT2D eigenvalue weighted by atomic mass is 32.1. The van der Waals surface area contributed by atoms with Crippen molar-refractivity contribution in [2.75, 3.05) is 0 Å². The molecule has 0 bridgehead atoms. The number of fused-ring (bicyclic) bond motifs is 1. The Bertz CT molecular complexity index is 966. The summed E-state index contributed by atoms with van der Waals surface area (Å²) >= 11 is 1.16. The van der Waals surface area contributed by atoms with Crippen LogP contribution < -0.4 is 0 Å². The summed E-state index contributed by atoms with van der Waals surface area (Å²) in [5.41, 5.74) is -4.38. The lowest BCUT2D eigenvalue weighted by molar-refractivity contribution is -0.266. The number of halogens is 4. The first-order chi connectivity index (χ1) is 12.9. The monoisotopic (exact) mass is 413 g/mol. The molecule has 0 aliphatic carbocycles. The first-order valence-corrected chi connectivity index (χ1v) is 9.33. The van der Waals surface area contributed by atoms with Gasteiger partial charge in [0.25, 0.3) is 0 Å². The van der Waals surface area contributed by atoms with Gasteiger partial charge < -0.3 is 10.2 Å². The van der Waals surface area contributed by atoms with Crippen molar-refractivity contribution in [3.63, 3.8) is 0 Å². The number of thiophene rings is 1. The number of benzene rings is 1. The van der Waals surface area contributed by atoms with Gasteiger partial charge >= 0.3 is 6.18 Å². The molecule has 0 aliphatic heterocycles. The second-order valence-corrected chi connectivity index (χ2v) is 8.72. The molecule has 3 aromatic rings. The third-order valence-electron chi connectivity index (χ3n) is 4.78. The minimum Gasteiger partial charge on any atom is -0.508 e. The Labute approximate surface area is 163 Å². The average molecular weight is 413 g/mol. The van der Waals surface area contributed by atoms with Crippen molar-refractivity contribution in [1.29, 1.82) is 0 Å². The van der Waals surface area contributed by atoms with E-state index >= 15 is 0 Å². The summed E-state index contributed by atoms with van der Waals surface area (Å²) in [5.74, 6) is -0.989. The van der Waals surface area contributed by atoms with Gasteiger partial charge in [0.1, 0.15) is 11.6 Å². The molecule has 0 amide bonds. The van der Waals surface area contributed by atoms with Crippen LogP contribution in [0.2, 0.25) is 0 Å². The molecule has 2 aromatic heterocycles. The molecule has 2 heterocycles. The van der Waals surface area contributed by atoms with E-state index in [2.05, 4.69) is 4.98 Å². The molecule has 0 saturated carbocycles. The lowest BCUT2D eigenvalue weighted by Gasteiger charge is -2.38. The smallest absolute Gasteiger partial charge is 0.417 e. The third kappa shape index (κ3) is 3.98. The Balaban J connectivity index is 1.98. The normalized spacial score (nSPS) is 15.0. The Morgan fingerprint density at radius 3 is 2.46 bits per heavy atom. The Morgan fingerprint density at radius 2 is 1.82 bits per heavy atom. The van der Waals surface area contributed by atoms with Crippen LogP contribution in [-0.4, -0.2) is 27.0 Å². The highest BCUT2D eigenvalue weighted by molar-refractivity contribution is 7.19. The predicted octanol–water partition coefficient (Wildman–Crippen LogP) is 5.34. The van der Waals surface area contributed by atoms with Crippen LogP contribution in [0.4, 0.5) is 17.6 Å². The van der Waals surface area contributed by atoms with E-state index < -0.39 is 35.9 Å². The molecule has 0 saturated heterocycles. The molecule has 28 heavy (non-hydrogen) atoms. The first kappa shape index (κ1) is 20.5. The standard InChI is InChI=1S/C20H19F4NO2S/c1-18(2,15-8-13(21)3-4-16(15)26)11-19(27,20(22,23)24)9-14-7-12-10-25-6-5-17(12)28-14/h3-8,10,26-27H,9,11H2,1-2H3. The summed E-state index contributed by atoms with van der Waals surface area (Å²) in [7, 11) is 0. The largest absolute Gasteiger partial charge is 0.508 e. The van der Waals surface area contributed by atoms with Gasteiger partial charge in [0, 0.05) is 39.3 Å². The van der Waals surface area contributed by atoms with Gasteiger partial charge in [-0.2, -0.15) is 13.2 Å². The van der Waals surface area contributed by atoms with Crippen molar-refractivity contribution in [3.05, 3.63) is 59.0 Å². The van der Waals surface area contributed by atoms with Crippen molar-refractivity contribution in [2.45, 2.75) is 43.9 Å². The molecule has 2 N–H and O–H groups in total. The van der Waals surface area contributed by atoms with Crippen LogP contribution in [-0.2, 0) is 11.8 Å². The molecule has 0 radical (unpaired) electrons. The van der Waals surface area contributed by atoms with Crippen LogP contribution in [0.1, 0.15) is 30.7 Å². The van der Waals surface area contributed by atoms with Gasteiger partial charge in [-0.15, -0.1) is 11.3 Å². The first-order valence-electron chi connectivity index (χ1n) is 8.52. The maximum atomic E-state index is 13.9. The fraction of sp³-hybridized carbons (Fsp3) is 0.350. The van der Waals surface area contributed by atoms with Gasteiger partial charge in [0.05, 0.1) is 0 Å². The molecular formula is C20H19F4NO2S. The second-order valence-electron chi connectivity index (χ2n) is 7.55. The van der Waals surface area contributed by atoms with E-state index in [0.29, 0.717) is 10.3 Å². The van der Waals surface area contributed by atoms with Gasteiger partial charge in [-0.1, -0.05) is 13.8 Å². The molecule has 150 valence electrons.